The Morgan fingerprint density at radius 1 is 1.00 bits per heavy atom. The van der Waals surface area contributed by atoms with Crippen LogP contribution >= 0.6 is 0 Å². The van der Waals surface area contributed by atoms with Gasteiger partial charge in [0.2, 0.25) is 0 Å². The molecule has 0 saturated heterocycles. The average Bonchev–Trinajstić information content (AvgIpc) is 2.31. The fourth-order valence-corrected chi connectivity index (χ4v) is 2.05. The van der Waals surface area contributed by atoms with Gasteiger partial charge >= 0.3 is 10.4 Å². The first-order valence-electron chi connectivity index (χ1n) is 7.70. The largest absolute Gasteiger partial charge is 0.397 e. The molecule has 0 aliphatic rings. The molecule has 0 aliphatic heterocycles. The van der Waals surface area contributed by atoms with Gasteiger partial charge in [0.05, 0.1) is 6.61 Å². The zero-order valence-electron chi connectivity index (χ0n) is 13.3. The fraction of sp³-hybridized carbons (Fsp3) is 1.00. The van der Waals surface area contributed by atoms with E-state index in [4.69, 9.17) is 10.3 Å². The number of hydrogen-bond acceptors (Lipinski definition) is 4. The van der Waals surface area contributed by atoms with Gasteiger partial charge in [-0.2, -0.15) is 8.42 Å². The third kappa shape index (κ3) is 26.4. The Morgan fingerprint density at radius 3 is 1.75 bits per heavy atom. The molecule has 3 N–H and O–H groups in total. The van der Waals surface area contributed by atoms with Crippen LogP contribution in [0.5, 0.6) is 0 Å². The van der Waals surface area contributed by atoms with E-state index in [9.17, 15) is 8.42 Å². The van der Waals surface area contributed by atoms with Gasteiger partial charge in [0.1, 0.15) is 0 Å². The van der Waals surface area contributed by atoms with Crippen molar-refractivity contribution < 1.29 is 17.2 Å². The fourth-order valence-electron chi connectivity index (χ4n) is 1.75. The molecule has 0 fully saturated rings. The summed E-state index contributed by atoms with van der Waals surface area (Å²) in [6, 6.07) is 0.403. The minimum atomic E-state index is -4.17. The first kappa shape index (κ1) is 22.1. The highest BCUT2D eigenvalue weighted by atomic mass is 32.3. The quantitative estimate of drug-likeness (QED) is 0.448. The molecule has 0 radical (unpaired) electrons. The summed E-state index contributed by atoms with van der Waals surface area (Å²) in [4.78, 5) is 0. The van der Waals surface area contributed by atoms with Crippen LogP contribution in [-0.2, 0) is 14.6 Å². The first-order chi connectivity index (χ1) is 9.33. The van der Waals surface area contributed by atoms with Gasteiger partial charge < -0.3 is 5.73 Å². The maximum Gasteiger partial charge on any atom is 0.397 e. The lowest BCUT2D eigenvalue weighted by Gasteiger charge is -2.04. The summed E-state index contributed by atoms with van der Waals surface area (Å²) in [5.74, 6) is 0. The van der Waals surface area contributed by atoms with E-state index in [2.05, 4.69) is 18.0 Å². The summed E-state index contributed by atoms with van der Waals surface area (Å²) in [7, 11) is -4.17. The molecule has 0 spiro atoms. The molecule has 5 nitrogen and oxygen atoms in total. The smallest absolute Gasteiger partial charge is 0.328 e. The van der Waals surface area contributed by atoms with Gasteiger partial charge in [-0.1, -0.05) is 58.3 Å². The van der Waals surface area contributed by atoms with Crippen molar-refractivity contribution in [3.05, 3.63) is 0 Å². The second-order valence-electron chi connectivity index (χ2n) is 5.08. The van der Waals surface area contributed by atoms with Crippen molar-refractivity contribution in [3.63, 3.8) is 0 Å². The van der Waals surface area contributed by atoms with E-state index in [1.54, 1.807) is 0 Å². The van der Waals surface area contributed by atoms with Crippen LogP contribution < -0.4 is 5.73 Å². The van der Waals surface area contributed by atoms with Crippen LogP contribution in [0.2, 0.25) is 0 Å². The zero-order chi connectivity index (χ0) is 15.9. The first-order valence-corrected chi connectivity index (χ1v) is 9.07. The van der Waals surface area contributed by atoms with E-state index in [0.717, 1.165) is 0 Å². The topological polar surface area (TPSA) is 89.6 Å². The molecule has 0 heterocycles. The molecule has 1 atom stereocenters. The number of hydrogen-bond donors (Lipinski definition) is 2. The van der Waals surface area contributed by atoms with Crippen LogP contribution in [0.4, 0.5) is 0 Å². The lowest BCUT2D eigenvalue weighted by Crippen LogP contribution is -2.13. The normalized spacial score (nSPS) is 12.7. The van der Waals surface area contributed by atoms with Crippen LogP contribution in [-0.4, -0.2) is 25.6 Å². The minimum absolute atomic E-state index is 0.0289. The summed E-state index contributed by atoms with van der Waals surface area (Å²) >= 11 is 0. The van der Waals surface area contributed by atoms with Crippen LogP contribution in [0.3, 0.4) is 0 Å². The van der Waals surface area contributed by atoms with E-state index in [1.807, 2.05) is 0 Å². The molecule has 6 heteroatoms. The SMILES string of the molecule is CCCCCCCCCCC(C)N.CCOS(=O)(=O)O. The molecule has 0 amide bonds. The maximum absolute atomic E-state index is 9.56. The molecule has 0 bridgehead atoms. The Morgan fingerprint density at radius 2 is 1.45 bits per heavy atom. The number of nitrogens with two attached hydrogens (primary N) is 1. The van der Waals surface area contributed by atoms with E-state index < -0.39 is 10.4 Å². The van der Waals surface area contributed by atoms with Crippen molar-refractivity contribution in [2.75, 3.05) is 6.61 Å². The van der Waals surface area contributed by atoms with Crippen molar-refractivity contribution in [2.24, 2.45) is 5.73 Å². The summed E-state index contributed by atoms with van der Waals surface area (Å²) in [6.45, 7) is 5.80. The zero-order valence-corrected chi connectivity index (χ0v) is 14.1. The lowest BCUT2D eigenvalue weighted by molar-refractivity contribution is 0.283. The monoisotopic (exact) mass is 311 g/mol. The Hall–Kier alpha value is -0.170. The Labute approximate surface area is 125 Å². The average molecular weight is 311 g/mol. The third-order valence-electron chi connectivity index (χ3n) is 2.78. The maximum atomic E-state index is 9.56. The number of unbranched alkanes of at least 4 members (excludes halogenated alkanes) is 7. The lowest BCUT2D eigenvalue weighted by atomic mass is 10.1. The summed E-state index contributed by atoms with van der Waals surface area (Å²) in [5.41, 5.74) is 5.67. The molecule has 124 valence electrons. The van der Waals surface area contributed by atoms with Gasteiger partial charge in [-0.25, -0.2) is 4.18 Å². The van der Waals surface area contributed by atoms with Gasteiger partial charge in [0.25, 0.3) is 0 Å². The second kappa shape index (κ2) is 15.2. The molecule has 0 aromatic heterocycles. The van der Waals surface area contributed by atoms with Crippen LogP contribution in [0.1, 0.15) is 78.6 Å². The van der Waals surface area contributed by atoms with Crippen LogP contribution in [0.15, 0.2) is 0 Å². The summed E-state index contributed by atoms with van der Waals surface area (Å²) < 4.78 is 30.7. The van der Waals surface area contributed by atoms with E-state index in [0.29, 0.717) is 6.04 Å². The summed E-state index contributed by atoms with van der Waals surface area (Å²) in [6.07, 6.45) is 12.4. The van der Waals surface area contributed by atoms with Gasteiger partial charge in [-0.3, -0.25) is 4.55 Å². The van der Waals surface area contributed by atoms with E-state index in [1.165, 1.54) is 64.7 Å². The van der Waals surface area contributed by atoms with Crippen LogP contribution in [0, 0.1) is 0 Å². The minimum Gasteiger partial charge on any atom is -0.328 e. The molecule has 0 aliphatic carbocycles. The van der Waals surface area contributed by atoms with Gasteiger partial charge in [-0.05, 0) is 20.3 Å². The second-order valence-corrected chi connectivity index (χ2v) is 6.17. The molecule has 0 aromatic carbocycles. The third-order valence-corrected chi connectivity index (χ3v) is 3.31. The molecule has 0 saturated carbocycles. The summed E-state index contributed by atoms with van der Waals surface area (Å²) in [5, 5.41) is 0. The van der Waals surface area contributed by atoms with Gasteiger partial charge in [-0.15, -0.1) is 0 Å². The standard InChI is InChI=1S/C12H27N.C2H6O4S/c1-3-4-5-6-7-8-9-10-11-12(2)13;1-2-6-7(3,4)5/h12H,3-11,13H2,1-2H3;2H2,1H3,(H,3,4,5). The van der Waals surface area contributed by atoms with E-state index >= 15 is 0 Å². The van der Waals surface area contributed by atoms with Crippen molar-refractivity contribution in [1.29, 1.82) is 0 Å². The highest BCUT2D eigenvalue weighted by Gasteiger charge is 1.98. The van der Waals surface area contributed by atoms with Crippen molar-refractivity contribution >= 4 is 10.4 Å². The van der Waals surface area contributed by atoms with Gasteiger partial charge in [0, 0.05) is 6.04 Å². The van der Waals surface area contributed by atoms with Gasteiger partial charge in [0.15, 0.2) is 0 Å². The Kier molecular flexibility index (Phi) is 16.8. The number of rotatable bonds is 11. The molecular weight excluding hydrogens is 278 g/mol. The van der Waals surface area contributed by atoms with Crippen molar-refractivity contribution in [3.8, 4) is 0 Å². The van der Waals surface area contributed by atoms with Crippen molar-refractivity contribution in [2.45, 2.75) is 84.6 Å². The Balaban J connectivity index is 0. The van der Waals surface area contributed by atoms with Crippen LogP contribution in [0.25, 0.3) is 0 Å². The Bertz CT molecular complexity index is 279. The highest BCUT2D eigenvalue weighted by Crippen LogP contribution is 2.09. The molecule has 0 aromatic rings. The predicted octanol–water partition coefficient (Wildman–Crippen LogP) is 3.69. The molecular formula is C14H33NO4S. The van der Waals surface area contributed by atoms with Crippen molar-refractivity contribution in [1.82, 2.24) is 0 Å². The highest BCUT2D eigenvalue weighted by molar-refractivity contribution is 7.80. The van der Waals surface area contributed by atoms with E-state index in [-0.39, 0.29) is 6.61 Å². The molecule has 0 rings (SSSR count). The molecule has 1 unspecified atom stereocenters. The molecule has 20 heavy (non-hydrogen) atoms. The predicted molar refractivity (Wildman–Crippen MR) is 84.1 cm³/mol.